The van der Waals surface area contributed by atoms with Crippen LogP contribution in [0.15, 0.2) is 24.3 Å². The largest absolute Gasteiger partial charge is 0.493 e. The number of benzene rings is 1. The van der Waals surface area contributed by atoms with E-state index >= 15 is 0 Å². The van der Waals surface area contributed by atoms with E-state index in [-0.39, 0.29) is 6.29 Å². The minimum atomic E-state index is -0.327. The fourth-order valence-corrected chi connectivity index (χ4v) is 1.07. The molecule has 0 fully saturated rings. The van der Waals surface area contributed by atoms with E-state index in [0.29, 0.717) is 6.61 Å². The summed E-state index contributed by atoms with van der Waals surface area (Å²) in [6, 6.07) is 7.59. The molecule has 1 aromatic carbocycles. The molecular formula is C13H16O3. The third-order valence-corrected chi connectivity index (χ3v) is 1.93. The number of ether oxygens (including phenoxy) is 3. The molecule has 0 saturated heterocycles. The molecule has 86 valence electrons. The summed E-state index contributed by atoms with van der Waals surface area (Å²) >= 11 is 0. The van der Waals surface area contributed by atoms with Crippen LogP contribution in [0.3, 0.4) is 0 Å². The SMILES string of the molecule is CCOc1ccccc1C#COC(C)OC. The molecule has 1 atom stereocenters. The first kappa shape index (κ1) is 12.4. The molecule has 1 rings (SSSR count). The van der Waals surface area contributed by atoms with Crippen molar-refractivity contribution < 1.29 is 14.2 Å². The Balaban J connectivity index is 2.71. The summed E-state index contributed by atoms with van der Waals surface area (Å²) in [6.07, 6.45) is 2.27. The smallest absolute Gasteiger partial charge is 0.207 e. The zero-order valence-electron chi connectivity index (χ0n) is 9.82. The lowest BCUT2D eigenvalue weighted by Gasteiger charge is -2.06. The zero-order valence-corrected chi connectivity index (χ0v) is 9.82. The number of methoxy groups -OCH3 is 1. The summed E-state index contributed by atoms with van der Waals surface area (Å²) in [7, 11) is 1.57. The molecule has 0 heterocycles. The normalized spacial score (nSPS) is 11.2. The van der Waals surface area contributed by atoms with E-state index in [1.54, 1.807) is 14.0 Å². The van der Waals surface area contributed by atoms with Gasteiger partial charge in [0.2, 0.25) is 6.29 Å². The Hall–Kier alpha value is -1.66. The van der Waals surface area contributed by atoms with Gasteiger partial charge in [0, 0.05) is 7.11 Å². The van der Waals surface area contributed by atoms with Gasteiger partial charge in [0.25, 0.3) is 0 Å². The lowest BCUT2D eigenvalue weighted by Crippen LogP contribution is -2.05. The molecule has 0 saturated carbocycles. The molecule has 1 aromatic rings. The number of rotatable bonds is 4. The predicted octanol–water partition coefficient (Wildman–Crippen LogP) is 2.40. The number of hydrogen-bond acceptors (Lipinski definition) is 3. The average Bonchev–Trinajstić information content (AvgIpc) is 2.31. The Bertz CT molecular complexity index is 376. The predicted molar refractivity (Wildman–Crippen MR) is 62.0 cm³/mol. The van der Waals surface area contributed by atoms with Crippen molar-refractivity contribution in [1.29, 1.82) is 0 Å². The molecule has 0 aliphatic carbocycles. The Labute approximate surface area is 96.3 Å². The minimum Gasteiger partial charge on any atom is -0.493 e. The summed E-state index contributed by atoms with van der Waals surface area (Å²) in [5, 5.41) is 0. The fraction of sp³-hybridized carbons (Fsp3) is 0.385. The summed E-state index contributed by atoms with van der Waals surface area (Å²) in [5.74, 6) is 3.66. The van der Waals surface area contributed by atoms with E-state index < -0.39 is 0 Å². The van der Waals surface area contributed by atoms with Crippen molar-refractivity contribution in [3.05, 3.63) is 29.8 Å². The molecule has 0 bridgehead atoms. The van der Waals surface area contributed by atoms with Gasteiger partial charge in [-0.25, -0.2) is 0 Å². The van der Waals surface area contributed by atoms with Crippen LogP contribution in [0.5, 0.6) is 5.75 Å². The fourth-order valence-electron chi connectivity index (χ4n) is 1.07. The van der Waals surface area contributed by atoms with Crippen molar-refractivity contribution in [2.45, 2.75) is 20.1 Å². The van der Waals surface area contributed by atoms with E-state index in [4.69, 9.17) is 14.2 Å². The van der Waals surface area contributed by atoms with Crippen LogP contribution >= 0.6 is 0 Å². The molecule has 1 unspecified atom stereocenters. The molecule has 3 heteroatoms. The quantitative estimate of drug-likeness (QED) is 0.576. The highest BCUT2D eigenvalue weighted by atomic mass is 16.7. The molecule has 0 radical (unpaired) electrons. The van der Waals surface area contributed by atoms with Gasteiger partial charge < -0.3 is 14.2 Å². The standard InChI is InChI=1S/C13H16O3/c1-4-15-13-8-6-5-7-12(13)9-10-16-11(2)14-3/h5-8,11H,4H2,1-3H3. The Morgan fingerprint density at radius 3 is 2.75 bits per heavy atom. The second kappa shape index (κ2) is 6.76. The molecule has 0 amide bonds. The van der Waals surface area contributed by atoms with Gasteiger partial charge in [0.05, 0.1) is 12.2 Å². The molecule has 3 nitrogen and oxygen atoms in total. The van der Waals surface area contributed by atoms with Gasteiger partial charge in [-0.2, -0.15) is 0 Å². The highest BCUT2D eigenvalue weighted by Crippen LogP contribution is 2.16. The lowest BCUT2D eigenvalue weighted by atomic mass is 10.2. The maximum absolute atomic E-state index is 5.43. The van der Waals surface area contributed by atoms with Crippen LogP contribution in [-0.2, 0) is 9.47 Å². The Morgan fingerprint density at radius 1 is 1.31 bits per heavy atom. The lowest BCUT2D eigenvalue weighted by molar-refractivity contribution is -0.0578. The second-order valence-corrected chi connectivity index (χ2v) is 3.08. The van der Waals surface area contributed by atoms with Gasteiger partial charge >= 0.3 is 0 Å². The molecule has 0 aromatic heterocycles. The van der Waals surface area contributed by atoms with Crippen LogP contribution in [0, 0.1) is 12.0 Å². The summed E-state index contributed by atoms with van der Waals surface area (Å²) in [4.78, 5) is 0. The highest BCUT2D eigenvalue weighted by molar-refractivity contribution is 5.45. The van der Waals surface area contributed by atoms with Crippen LogP contribution in [0.2, 0.25) is 0 Å². The molecular weight excluding hydrogens is 204 g/mol. The third kappa shape index (κ3) is 3.84. The van der Waals surface area contributed by atoms with Gasteiger partial charge in [0.1, 0.15) is 11.9 Å². The summed E-state index contributed by atoms with van der Waals surface area (Å²) in [5.41, 5.74) is 0.813. The van der Waals surface area contributed by atoms with Crippen molar-refractivity contribution in [3.63, 3.8) is 0 Å². The minimum absolute atomic E-state index is 0.327. The van der Waals surface area contributed by atoms with Crippen molar-refractivity contribution in [2.75, 3.05) is 13.7 Å². The topological polar surface area (TPSA) is 27.7 Å². The molecule has 0 spiro atoms. The van der Waals surface area contributed by atoms with Crippen molar-refractivity contribution in [1.82, 2.24) is 0 Å². The molecule has 0 aliphatic heterocycles. The van der Waals surface area contributed by atoms with E-state index in [2.05, 4.69) is 12.0 Å². The van der Waals surface area contributed by atoms with Crippen molar-refractivity contribution >= 4 is 0 Å². The second-order valence-electron chi connectivity index (χ2n) is 3.08. The number of para-hydroxylation sites is 1. The van der Waals surface area contributed by atoms with Crippen LogP contribution < -0.4 is 4.74 Å². The number of hydrogen-bond donors (Lipinski definition) is 0. The van der Waals surface area contributed by atoms with Crippen LogP contribution in [0.25, 0.3) is 0 Å². The molecule has 0 N–H and O–H groups in total. The molecule has 16 heavy (non-hydrogen) atoms. The summed E-state index contributed by atoms with van der Waals surface area (Å²) in [6.45, 7) is 4.34. The Kier molecular flexibility index (Phi) is 5.24. The van der Waals surface area contributed by atoms with Gasteiger partial charge in [-0.05, 0) is 31.9 Å². The zero-order chi connectivity index (χ0) is 11.8. The third-order valence-electron chi connectivity index (χ3n) is 1.93. The van der Waals surface area contributed by atoms with Crippen LogP contribution in [0.4, 0.5) is 0 Å². The van der Waals surface area contributed by atoms with Crippen molar-refractivity contribution in [2.24, 2.45) is 0 Å². The first-order valence-electron chi connectivity index (χ1n) is 5.19. The summed E-state index contributed by atoms with van der Waals surface area (Å²) < 4.78 is 15.4. The van der Waals surface area contributed by atoms with Gasteiger partial charge in [-0.15, -0.1) is 0 Å². The van der Waals surface area contributed by atoms with Crippen LogP contribution in [0.1, 0.15) is 19.4 Å². The highest BCUT2D eigenvalue weighted by Gasteiger charge is 1.99. The Morgan fingerprint density at radius 2 is 2.06 bits per heavy atom. The van der Waals surface area contributed by atoms with Crippen LogP contribution in [-0.4, -0.2) is 20.0 Å². The van der Waals surface area contributed by atoms with Gasteiger partial charge in [-0.1, -0.05) is 12.1 Å². The maximum atomic E-state index is 5.43. The monoisotopic (exact) mass is 220 g/mol. The van der Waals surface area contributed by atoms with E-state index in [1.165, 1.54) is 0 Å². The van der Waals surface area contributed by atoms with E-state index in [9.17, 15) is 0 Å². The first-order chi connectivity index (χ1) is 7.77. The van der Waals surface area contributed by atoms with E-state index in [1.807, 2.05) is 31.2 Å². The van der Waals surface area contributed by atoms with Gasteiger partial charge in [-0.3, -0.25) is 0 Å². The molecule has 0 aliphatic rings. The average molecular weight is 220 g/mol. The first-order valence-corrected chi connectivity index (χ1v) is 5.19. The maximum Gasteiger partial charge on any atom is 0.207 e. The van der Waals surface area contributed by atoms with E-state index in [0.717, 1.165) is 11.3 Å². The van der Waals surface area contributed by atoms with Crippen molar-refractivity contribution in [3.8, 4) is 17.8 Å². The van der Waals surface area contributed by atoms with Gasteiger partial charge in [0.15, 0.2) is 0 Å².